The van der Waals surface area contributed by atoms with Crippen LogP contribution in [0.4, 0.5) is 10.8 Å². The van der Waals surface area contributed by atoms with Gasteiger partial charge in [-0.1, -0.05) is 79.4 Å². The van der Waals surface area contributed by atoms with Gasteiger partial charge in [-0.2, -0.15) is 0 Å². The number of Topliss-reactive ketones (excluding diaryl/α,β-unsaturated/α-hetero) is 1. The van der Waals surface area contributed by atoms with Crippen LogP contribution in [0.3, 0.4) is 0 Å². The fourth-order valence-corrected chi connectivity index (χ4v) is 3.89. The number of anilines is 2. The summed E-state index contributed by atoms with van der Waals surface area (Å²) < 4.78 is 0.783. The fourth-order valence-electron chi connectivity index (χ4n) is 2.23. The molecule has 0 atom stereocenters. The molecule has 3 rings (SSSR count). The fraction of sp³-hybridized carbons (Fsp3) is 0.211. The molecule has 0 saturated carbocycles. The van der Waals surface area contributed by atoms with E-state index in [1.54, 1.807) is 0 Å². The monoisotopic (exact) mass is 369 g/mol. The second kappa shape index (κ2) is 8.27. The lowest BCUT2D eigenvalue weighted by Crippen LogP contribution is -2.01. The highest BCUT2D eigenvalue weighted by Crippen LogP contribution is 2.28. The molecule has 0 aliphatic heterocycles. The Morgan fingerprint density at radius 1 is 1.08 bits per heavy atom. The molecule has 0 aliphatic carbocycles. The first-order chi connectivity index (χ1) is 12.1. The molecule has 2 aromatic carbocycles. The average molecular weight is 370 g/mol. The molecule has 0 aliphatic rings. The Balaban J connectivity index is 1.56. The summed E-state index contributed by atoms with van der Waals surface area (Å²) in [7, 11) is 0. The number of carbonyl (C=O) groups is 1. The summed E-state index contributed by atoms with van der Waals surface area (Å²) in [5, 5.41) is 12.3. The van der Waals surface area contributed by atoms with Gasteiger partial charge in [0.05, 0.1) is 5.75 Å². The number of hydrogen-bond acceptors (Lipinski definition) is 6. The van der Waals surface area contributed by atoms with E-state index in [4.69, 9.17) is 0 Å². The van der Waals surface area contributed by atoms with Crippen molar-refractivity contribution in [3.05, 3.63) is 65.7 Å². The summed E-state index contributed by atoms with van der Waals surface area (Å²) in [6, 6.07) is 17.6. The van der Waals surface area contributed by atoms with Crippen LogP contribution in [0.15, 0.2) is 58.9 Å². The first-order valence-corrected chi connectivity index (χ1v) is 9.83. The molecule has 0 spiro atoms. The van der Waals surface area contributed by atoms with Crippen molar-refractivity contribution < 1.29 is 4.79 Å². The summed E-state index contributed by atoms with van der Waals surface area (Å²) in [5.74, 6) is 0.974. The van der Waals surface area contributed by atoms with E-state index >= 15 is 0 Å². The van der Waals surface area contributed by atoms with E-state index in [1.165, 1.54) is 28.7 Å². The summed E-state index contributed by atoms with van der Waals surface area (Å²) in [4.78, 5) is 12.1. The number of thioether (sulfide) groups is 1. The molecule has 1 heterocycles. The minimum Gasteiger partial charge on any atom is -0.330 e. The Morgan fingerprint density at radius 2 is 1.80 bits per heavy atom. The van der Waals surface area contributed by atoms with Crippen molar-refractivity contribution in [3.63, 3.8) is 0 Å². The van der Waals surface area contributed by atoms with Gasteiger partial charge in [0.1, 0.15) is 0 Å². The molecule has 6 heteroatoms. The van der Waals surface area contributed by atoms with Crippen molar-refractivity contribution in [1.29, 1.82) is 0 Å². The average Bonchev–Trinajstić information content (AvgIpc) is 3.08. The zero-order valence-electron chi connectivity index (χ0n) is 14.1. The lowest BCUT2D eigenvalue weighted by Gasteiger charge is -2.06. The van der Waals surface area contributed by atoms with Crippen LogP contribution in [-0.2, 0) is 0 Å². The molecule has 1 aromatic heterocycles. The number of rotatable bonds is 7. The van der Waals surface area contributed by atoms with Gasteiger partial charge in [-0.15, -0.1) is 10.2 Å². The summed E-state index contributed by atoms with van der Waals surface area (Å²) >= 11 is 2.87. The van der Waals surface area contributed by atoms with E-state index in [-0.39, 0.29) is 5.78 Å². The molecule has 0 bridgehead atoms. The molecule has 25 heavy (non-hydrogen) atoms. The topological polar surface area (TPSA) is 54.9 Å². The number of nitrogens with one attached hydrogen (secondary N) is 1. The van der Waals surface area contributed by atoms with Gasteiger partial charge in [0.25, 0.3) is 0 Å². The Labute approximate surface area is 155 Å². The SMILES string of the molecule is CC(C)c1ccc(Nc2nnc(SCC(=O)c3ccccc3)s2)cc1. The number of carbonyl (C=O) groups excluding carboxylic acids is 1. The third-order valence-corrected chi connectivity index (χ3v) is 5.63. The quantitative estimate of drug-likeness (QED) is 0.447. The molecular formula is C19H19N3OS2. The standard InChI is InChI=1S/C19H19N3OS2/c1-13(2)14-8-10-16(11-9-14)20-18-21-22-19(25-18)24-12-17(23)15-6-4-3-5-7-15/h3-11,13H,12H2,1-2H3,(H,20,21). The van der Waals surface area contributed by atoms with E-state index < -0.39 is 0 Å². The van der Waals surface area contributed by atoms with E-state index in [0.29, 0.717) is 11.7 Å². The van der Waals surface area contributed by atoms with Crippen LogP contribution in [0.5, 0.6) is 0 Å². The summed E-state index contributed by atoms with van der Waals surface area (Å²) in [5.41, 5.74) is 3.01. The van der Waals surface area contributed by atoms with E-state index in [1.807, 2.05) is 42.5 Å². The van der Waals surface area contributed by atoms with Gasteiger partial charge in [-0.3, -0.25) is 4.79 Å². The third kappa shape index (κ3) is 4.90. The van der Waals surface area contributed by atoms with Gasteiger partial charge in [0.2, 0.25) is 5.13 Å². The third-order valence-electron chi connectivity index (χ3n) is 3.66. The Morgan fingerprint density at radius 3 is 2.48 bits per heavy atom. The highest BCUT2D eigenvalue weighted by molar-refractivity contribution is 8.01. The molecular weight excluding hydrogens is 350 g/mol. The summed E-state index contributed by atoms with van der Waals surface area (Å²) in [6.07, 6.45) is 0. The van der Waals surface area contributed by atoms with Crippen molar-refractivity contribution in [1.82, 2.24) is 10.2 Å². The van der Waals surface area contributed by atoms with E-state index in [2.05, 4.69) is 41.5 Å². The van der Waals surface area contributed by atoms with Gasteiger partial charge >= 0.3 is 0 Å². The number of benzene rings is 2. The molecule has 128 valence electrons. The number of nitrogens with zero attached hydrogens (tertiary/aromatic N) is 2. The van der Waals surface area contributed by atoms with Crippen LogP contribution in [0.2, 0.25) is 0 Å². The van der Waals surface area contributed by atoms with Crippen LogP contribution in [0.25, 0.3) is 0 Å². The normalized spacial score (nSPS) is 10.8. The maximum Gasteiger partial charge on any atom is 0.210 e. The van der Waals surface area contributed by atoms with E-state index in [9.17, 15) is 4.79 Å². The van der Waals surface area contributed by atoms with Crippen LogP contribution in [0, 0.1) is 0 Å². The van der Waals surface area contributed by atoms with Crippen LogP contribution < -0.4 is 5.32 Å². The highest BCUT2D eigenvalue weighted by Gasteiger charge is 2.10. The zero-order valence-corrected chi connectivity index (χ0v) is 15.7. The molecule has 3 aromatic rings. The Kier molecular flexibility index (Phi) is 5.83. The summed E-state index contributed by atoms with van der Waals surface area (Å²) in [6.45, 7) is 4.35. The minimum absolute atomic E-state index is 0.0968. The smallest absolute Gasteiger partial charge is 0.210 e. The molecule has 0 unspecified atom stereocenters. The van der Waals surface area contributed by atoms with Gasteiger partial charge in [-0.25, -0.2) is 0 Å². The largest absolute Gasteiger partial charge is 0.330 e. The maximum atomic E-state index is 12.1. The Bertz CT molecular complexity index is 829. The maximum absolute atomic E-state index is 12.1. The number of hydrogen-bond donors (Lipinski definition) is 1. The number of ketones is 1. The van der Waals surface area contributed by atoms with Gasteiger partial charge in [0, 0.05) is 11.3 Å². The lowest BCUT2D eigenvalue weighted by molar-refractivity contribution is 0.102. The van der Waals surface area contributed by atoms with Gasteiger partial charge in [-0.05, 0) is 23.6 Å². The molecule has 0 saturated heterocycles. The van der Waals surface area contributed by atoms with Crippen molar-refractivity contribution in [3.8, 4) is 0 Å². The first kappa shape index (κ1) is 17.6. The second-order valence-electron chi connectivity index (χ2n) is 5.85. The molecule has 4 nitrogen and oxygen atoms in total. The molecule has 0 fully saturated rings. The molecule has 0 amide bonds. The number of aromatic nitrogens is 2. The highest BCUT2D eigenvalue weighted by atomic mass is 32.2. The Hall–Kier alpha value is -2.18. The molecule has 0 radical (unpaired) electrons. The van der Waals surface area contributed by atoms with Crippen LogP contribution >= 0.6 is 23.1 Å². The zero-order chi connectivity index (χ0) is 17.6. The van der Waals surface area contributed by atoms with Crippen molar-refractivity contribution in [2.24, 2.45) is 0 Å². The van der Waals surface area contributed by atoms with Crippen molar-refractivity contribution >= 4 is 39.7 Å². The second-order valence-corrected chi connectivity index (χ2v) is 8.05. The molecule has 1 N–H and O–H groups in total. The van der Waals surface area contributed by atoms with Crippen molar-refractivity contribution in [2.45, 2.75) is 24.1 Å². The van der Waals surface area contributed by atoms with Gasteiger partial charge in [0.15, 0.2) is 10.1 Å². The van der Waals surface area contributed by atoms with Gasteiger partial charge < -0.3 is 5.32 Å². The lowest BCUT2D eigenvalue weighted by atomic mass is 10.0. The predicted molar refractivity (Wildman–Crippen MR) is 105 cm³/mol. The first-order valence-electron chi connectivity index (χ1n) is 8.03. The van der Waals surface area contributed by atoms with Crippen molar-refractivity contribution in [2.75, 3.05) is 11.1 Å². The van der Waals surface area contributed by atoms with Crippen LogP contribution in [-0.4, -0.2) is 21.7 Å². The minimum atomic E-state index is 0.0968. The van der Waals surface area contributed by atoms with Crippen LogP contribution in [0.1, 0.15) is 35.7 Å². The van der Waals surface area contributed by atoms with E-state index in [0.717, 1.165) is 20.7 Å². The predicted octanol–water partition coefficient (Wildman–Crippen LogP) is 5.38.